The van der Waals surface area contributed by atoms with E-state index in [1.54, 1.807) is 0 Å². The van der Waals surface area contributed by atoms with Gasteiger partial charge in [0.25, 0.3) is 0 Å². The summed E-state index contributed by atoms with van der Waals surface area (Å²) in [4.78, 5) is 0.618. The van der Waals surface area contributed by atoms with Crippen molar-refractivity contribution in [1.82, 2.24) is 0 Å². The fourth-order valence-corrected chi connectivity index (χ4v) is 4.72. The number of methoxy groups -OCH3 is 1. The standard InChI is InChI=1S/C16H23BrO/c1-16(2)10-13(9-14(17)11-16)15(18-3)12-7-5-4-6-8-12/h4-8,13-15H,9-11H2,1-3H3. The molecule has 0 heterocycles. The minimum Gasteiger partial charge on any atom is -0.376 e. The van der Waals surface area contributed by atoms with E-state index in [9.17, 15) is 0 Å². The van der Waals surface area contributed by atoms with Crippen LogP contribution in [-0.2, 0) is 4.74 Å². The average Bonchev–Trinajstić information content (AvgIpc) is 2.28. The largest absolute Gasteiger partial charge is 0.376 e. The molecule has 0 N–H and O–H groups in total. The van der Waals surface area contributed by atoms with Gasteiger partial charge in [0.1, 0.15) is 0 Å². The Kier molecular flexibility index (Phi) is 4.50. The summed E-state index contributed by atoms with van der Waals surface area (Å²) in [5, 5.41) is 0. The van der Waals surface area contributed by atoms with Gasteiger partial charge in [0.15, 0.2) is 0 Å². The van der Waals surface area contributed by atoms with Gasteiger partial charge in [-0.05, 0) is 36.2 Å². The van der Waals surface area contributed by atoms with Crippen LogP contribution in [-0.4, -0.2) is 11.9 Å². The highest BCUT2D eigenvalue weighted by atomic mass is 79.9. The second-order valence-corrected chi connectivity index (χ2v) is 7.53. The molecule has 2 heteroatoms. The molecule has 18 heavy (non-hydrogen) atoms. The molecular weight excluding hydrogens is 288 g/mol. The van der Waals surface area contributed by atoms with Crippen LogP contribution < -0.4 is 0 Å². The van der Waals surface area contributed by atoms with Crippen LogP contribution in [0.15, 0.2) is 30.3 Å². The molecule has 1 aliphatic carbocycles. The maximum atomic E-state index is 5.80. The summed E-state index contributed by atoms with van der Waals surface area (Å²) in [6.45, 7) is 4.73. The second kappa shape index (κ2) is 5.75. The molecule has 0 aromatic heterocycles. The zero-order valence-electron chi connectivity index (χ0n) is 11.5. The third-order valence-corrected chi connectivity index (χ3v) is 4.66. The van der Waals surface area contributed by atoms with Gasteiger partial charge in [0.05, 0.1) is 6.10 Å². The van der Waals surface area contributed by atoms with E-state index < -0.39 is 0 Å². The van der Waals surface area contributed by atoms with Crippen molar-refractivity contribution in [2.24, 2.45) is 11.3 Å². The molecule has 0 saturated heterocycles. The van der Waals surface area contributed by atoms with Crippen molar-refractivity contribution in [3.05, 3.63) is 35.9 Å². The molecule has 1 aromatic carbocycles. The highest BCUT2D eigenvalue weighted by Gasteiger charge is 2.37. The first kappa shape index (κ1) is 14.1. The van der Waals surface area contributed by atoms with Gasteiger partial charge >= 0.3 is 0 Å². The van der Waals surface area contributed by atoms with Crippen molar-refractivity contribution in [1.29, 1.82) is 0 Å². The fraction of sp³-hybridized carbons (Fsp3) is 0.625. The smallest absolute Gasteiger partial charge is 0.0849 e. The minimum atomic E-state index is 0.228. The van der Waals surface area contributed by atoms with Crippen LogP contribution in [0.2, 0.25) is 0 Å². The van der Waals surface area contributed by atoms with Crippen molar-refractivity contribution in [2.75, 3.05) is 7.11 Å². The van der Waals surface area contributed by atoms with E-state index >= 15 is 0 Å². The summed E-state index contributed by atoms with van der Waals surface area (Å²) in [6, 6.07) is 10.6. The Balaban J connectivity index is 2.18. The van der Waals surface area contributed by atoms with Crippen LogP contribution in [0.4, 0.5) is 0 Å². The third-order valence-electron chi connectivity index (χ3n) is 3.96. The van der Waals surface area contributed by atoms with E-state index in [2.05, 4.69) is 60.1 Å². The number of hydrogen-bond acceptors (Lipinski definition) is 1. The molecule has 2 rings (SSSR count). The van der Waals surface area contributed by atoms with E-state index in [0.717, 1.165) is 0 Å². The molecule has 3 unspecified atom stereocenters. The second-order valence-electron chi connectivity index (χ2n) is 6.23. The molecule has 0 amide bonds. The molecule has 100 valence electrons. The van der Waals surface area contributed by atoms with Gasteiger partial charge in [-0.25, -0.2) is 0 Å². The number of alkyl halides is 1. The third kappa shape index (κ3) is 3.36. The highest BCUT2D eigenvalue weighted by molar-refractivity contribution is 9.09. The zero-order valence-corrected chi connectivity index (χ0v) is 13.1. The first-order chi connectivity index (χ1) is 8.52. The Labute approximate surface area is 119 Å². The van der Waals surface area contributed by atoms with Crippen molar-refractivity contribution in [3.8, 4) is 0 Å². The Bertz CT molecular complexity index is 374. The van der Waals surface area contributed by atoms with Gasteiger partial charge in [0, 0.05) is 11.9 Å². The molecule has 0 aliphatic heterocycles. The lowest BCUT2D eigenvalue weighted by Crippen LogP contribution is -2.32. The SMILES string of the molecule is COC(c1ccccc1)C1CC(Br)CC(C)(C)C1. The molecule has 0 bridgehead atoms. The molecular formula is C16H23BrO. The summed E-state index contributed by atoms with van der Waals surface area (Å²) in [5.74, 6) is 0.602. The predicted molar refractivity (Wildman–Crippen MR) is 80.0 cm³/mol. The van der Waals surface area contributed by atoms with E-state index in [-0.39, 0.29) is 6.10 Å². The lowest BCUT2D eigenvalue weighted by Gasteiger charge is -2.41. The lowest BCUT2D eigenvalue weighted by molar-refractivity contribution is 0.0123. The number of ether oxygens (including phenoxy) is 1. The number of hydrogen-bond donors (Lipinski definition) is 0. The first-order valence-corrected chi connectivity index (χ1v) is 7.65. The van der Waals surface area contributed by atoms with Crippen LogP contribution in [0, 0.1) is 11.3 Å². The Morgan fingerprint density at radius 3 is 2.44 bits per heavy atom. The lowest BCUT2D eigenvalue weighted by atomic mass is 9.69. The van der Waals surface area contributed by atoms with Crippen LogP contribution in [0.3, 0.4) is 0 Å². The van der Waals surface area contributed by atoms with Crippen molar-refractivity contribution < 1.29 is 4.74 Å². The Morgan fingerprint density at radius 1 is 1.22 bits per heavy atom. The molecule has 1 nitrogen and oxygen atoms in total. The van der Waals surface area contributed by atoms with E-state index in [1.165, 1.54) is 24.8 Å². The van der Waals surface area contributed by atoms with Crippen LogP contribution in [0.25, 0.3) is 0 Å². The van der Waals surface area contributed by atoms with Gasteiger partial charge in [-0.3, -0.25) is 0 Å². The number of benzene rings is 1. The van der Waals surface area contributed by atoms with Gasteiger partial charge in [-0.15, -0.1) is 0 Å². The highest BCUT2D eigenvalue weighted by Crippen LogP contribution is 2.46. The quantitative estimate of drug-likeness (QED) is 0.717. The number of halogens is 1. The molecule has 0 radical (unpaired) electrons. The zero-order chi connectivity index (χ0) is 13.2. The molecule has 1 aliphatic rings. The van der Waals surface area contributed by atoms with Crippen molar-refractivity contribution >= 4 is 15.9 Å². The maximum absolute atomic E-state index is 5.80. The van der Waals surface area contributed by atoms with E-state index in [1.807, 2.05) is 7.11 Å². The average molecular weight is 311 g/mol. The maximum Gasteiger partial charge on any atom is 0.0849 e. The van der Waals surface area contributed by atoms with Gasteiger partial charge in [-0.2, -0.15) is 0 Å². The van der Waals surface area contributed by atoms with Gasteiger partial charge < -0.3 is 4.74 Å². The van der Waals surface area contributed by atoms with Crippen LogP contribution >= 0.6 is 15.9 Å². The summed E-state index contributed by atoms with van der Waals surface area (Å²) in [7, 11) is 1.84. The number of rotatable bonds is 3. The monoisotopic (exact) mass is 310 g/mol. The molecule has 0 spiro atoms. The molecule has 3 atom stereocenters. The van der Waals surface area contributed by atoms with Gasteiger partial charge in [0.2, 0.25) is 0 Å². The first-order valence-electron chi connectivity index (χ1n) is 6.73. The van der Waals surface area contributed by atoms with Crippen LogP contribution in [0.5, 0.6) is 0 Å². The summed E-state index contributed by atoms with van der Waals surface area (Å²) >= 11 is 3.82. The fourth-order valence-electron chi connectivity index (χ4n) is 3.36. The topological polar surface area (TPSA) is 9.23 Å². The van der Waals surface area contributed by atoms with E-state index in [4.69, 9.17) is 4.74 Å². The normalized spacial score (nSPS) is 28.9. The molecule has 1 saturated carbocycles. The minimum absolute atomic E-state index is 0.228. The molecule has 1 fully saturated rings. The summed E-state index contributed by atoms with van der Waals surface area (Å²) in [6.07, 6.45) is 3.93. The molecule has 1 aromatic rings. The summed E-state index contributed by atoms with van der Waals surface area (Å²) < 4.78 is 5.80. The van der Waals surface area contributed by atoms with E-state index in [0.29, 0.717) is 16.2 Å². The van der Waals surface area contributed by atoms with Crippen molar-refractivity contribution in [2.45, 2.75) is 44.0 Å². The Hall–Kier alpha value is -0.340. The van der Waals surface area contributed by atoms with Crippen LogP contribution in [0.1, 0.15) is 44.8 Å². The van der Waals surface area contributed by atoms with Crippen molar-refractivity contribution in [3.63, 3.8) is 0 Å². The Morgan fingerprint density at radius 2 is 1.89 bits per heavy atom. The van der Waals surface area contributed by atoms with Gasteiger partial charge in [-0.1, -0.05) is 60.1 Å². The summed E-state index contributed by atoms with van der Waals surface area (Å²) in [5.41, 5.74) is 1.71. The predicted octanol–water partition coefficient (Wildman–Crippen LogP) is 4.96.